The number of ether oxygens (including phenoxy) is 1. The Labute approximate surface area is 137 Å². The quantitative estimate of drug-likeness (QED) is 0.571. The molecule has 1 heterocycles. The van der Waals surface area contributed by atoms with E-state index in [1.54, 1.807) is 13.8 Å². The van der Waals surface area contributed by atoms with Gasteiger partial charge in [0, 0.05) is 17.3 Å². The topological polar surface area (TPSA) is 117 Å². The molecule has 2 rings (SSSR count). The number of hydrogen-bond acceptors (Lipinski definition) is 6. The number of benzene rings is 1. The maximum atomic E-state index is 12.2. The van der Waals surface area contributed by atoms with Crippen LogP contribution in [-0.2, 0) is 4.74 Å². The third-order valence-corrected chi connectivity index (χ3v) is 3.60. The first kappa shape index (κ1) is 17.3. The van der Waals surface area contributed by atoms with Gasteiger partial charge in [-0.25, -0.2) is 4.79 Å². The molecule has 0 aliphatic heterocycles. The second-order valence-corrected chi connectivity index (χ2v) is 5.38. The molecule has 0 spiro atoms. The predicted molar refractivity (Wildman–Crippen MR) is 84.7 cm³/mol. The standard InChI is InChI=1S/C17H17NO6/c1-8-15(10(3)19)9(2)18-16(8)14(22)7-24-17(23)12-5-4-11(20)6-13(12)21/h4-6,18,20-21H,7H2,1-3H3. The van der Waals surface area contributed by atoms with E-state index in [4.69, 9.17) is 4.74 Å². The summed E-state index contributed by atoms with van der Waals surface area (Å²) in [6, 6.07) is 3.40. The van der Waals surface area contributed by atoms with Crippen molar-refractivity contribution < 1.29 is 29.3 Å². The van der Waals surface area contributed by atoms with Crippen molar-refractivity contribution in [1.29, 1.82) is 0 Å². The Bertz CT molecular complexity index is 834. The number of esters is 1. The smallest absolute Gasteiger partial charge is 0.342 e. The van der Waals surface area contributed by atoms with Gasteiger partial charge in [0.1, 0.15) is 17.1 Å². The highest BCUT2D eigenvalue weighted by Gasteiger charge is 2.21. The summed E-state index contributed by atoms with van der Waals surface area (Å²) in [5, 5.41) is 18.8. The van der Waals surface area contributed by atoms with Crippen molar-refractivity contribution in [3.8, 4) is 11.5 Å². The second-order valence-electron chi connectivity index (χ2n) is 5.38. The Hall–Kier alpha value is -3.09. The molecule has 0 amide bonds. The van der Waals surface area contributed by atoms with Crippen LogP contribution < -0.4 is 0 Å². The van der Waals surface area contributed by atoms with E-state index >= 15 is 0 Å². The summed E-state index contributed by atoms with van der Waals surface area (Å²) >= 11 is 0. The summed E-state index contributed by atoms with van der Waals surface area (Å²) in [6.07, 6.45) is 0. The van der Waals surface area contributed by atoms with E-state index in [-0.39, 0.29) is 22.8 Å². The maximum Gasteiger partial charge on any atom is 0.342 e. The highest BCUT2D eigenvalue weighted by Crippen LogP contribution is 2.23. The Morgan fingerprint density at radius 1 is 1.17 bits per heavy atom. The lowest BCUT2D eigenvalue weighted by Crippen LogP contribution is -2.15. The summed E-state index contributed by atoms with van der Waals surface area (Å²) in [4.78, 5) is 38.5. The lowest BCUT2D eigenvalue weighted by atomic mass is 10.1. The molecule has 126 valence electrons. The van der Waals surface area contributed by atoms with Gasteiger partial charge in [0.25, 0.3) is 0 Å². The Kier molecular flexibility index (Phi) is 4.73. The number of aromatic amines is 1. The Balaban J connectivity index is 2.12. The number of hydrogen-bond donors (Lipinski definition) is 3. The van der Waals surface area contributed by atoms with Crippen molar-refractivity contribution in [3.05, 3.63) is 46.3 Å². The zero-order valence-corrected chi connectivity index (χ0v) is 13.5. The molecule has 2 aromatic rings. The molecule has 0 atom stereocenters. The lowest BCUT2D eigenvalue weighted by Gasteiger charge is -2.06. The minimum Gasteiger partial charge on any atom is -0.508 e. The average molecular weight is 331 g/mol. The molecule has 0 radical (unpaired) electrons. The zero-order valence-electron chi connectivity index (χ0n) is 13.5. The third kappa shape index (κ3) is 3.29. The largest absolute Gasteiger partial charge is 0.508 e. The SMILES string of the molecule is CC(=O)c1c(C)[nH]c(C(=O)COC(=O)c2ccc(O)cc2O)c1C. The molecule has 0 bridgehead atoms. The molecule has 1 aromatic heterocycles. The third-order valence-electron chi connectivity index (χ3n) is 3.60. The first-order valence-corrected chi connectivity index (χ1v) is 7.14. The number of Topliss-reactive ketones (excluding diaryl/α,β-unsaturated/α-hetero) is 2. The number of aromatic nitrogens is 1. The van der Waals surface area contributed by atoms with Gasteiger partial charge in [-0.1, -0.05) is 0 Å². The van der Waals surface area contributed by atoms with Crippen LogP contribution in [0.25, 0.3) is 0 Å². The molecular formula is C17H17NO6. The first-order valence-electron chi connectivity index (χ1n) is 7.14. The normalized spacial score (nSPS) is 10.5. The number of carbonyl (C=O) groups is 3. The fraction of sp³-hybridized carbons (Fsp3) is 0.235. The van der Waals surface area contributed by atoms with Crippen LogP contribution in [0.1, 0.15) is 49.4 Å². The van der Waals surface area contributed by atoms with Gasteiger partial charge in [0.05, 0.1) is 5.69 Å². The minimum atomic E-state index is -0.895. The van der Waals surface area contributed by atoms with Crippen LogP contribution in [0, 0.1) is 13.8 Å². The van der Waals surface area contributed by atoms with Crippen molar-refractivity contribution in [2.24, 2.45) is 0 Å². The number of H-pyrrole nitrogens is 1. The molecule has 7 nitrogen and oxygen atoms in total. The number of rotatable bonds is 5. The van der Waals surface area contributed by atoms with E-state index < -0.39 is 24.1 Å². The van der Waals surface area contributed by atoms with Crippen LogP contribution >= 0.6 is 0 Å². The number of aryl methyl sites for hydroxylation is 1. The number of carbonyl (C=O) groups excluding carboxylic acids is 3. The molecular weight excluding hydrogens is 314 g/mol. The molecule has 0 aliphatic rings. The molecule has 0 unspecified atom stereocenters. The van der Waals surface area contributed by atoms with Crippen molar-refractivity contribution in [2.45, 2.75) is 20.8 Å². The zero-order chi connectivity index (χ0) is 18.0. The molecule has 3 N–H and O–H groups in total. The van der Waals surface area contributed by atoms with Crippen LogP contribution in [0.5, 0.6) is 11.5 Å². The molecule has 1 aromatic carbocycles. The van der Waals surface area contributed by atoms with Gasteiger partial charge in [0.2, 0.25) is 5.78 Å². The van der Waals surface area contributed by atoms with Crippen LogP contribution in [0.3, 0.4) is 0 Å². The van der Waals surface area contributed by atoms with Gasteiger partial charge >= 0.3 is 5.97 Å². The van der Waals surface area contributed by atoms with Crippen molar-refractivity contribution in [2.75, 3.05) is 6.61 Å². The highest BCUT2D eigenvalue weighted by atomic mass is 16.5. The predicted octanol–water partition coefficient (Wildman–Crippen LogP) is 2.29. The summed E-state index contributed by atoms with van der Waals surface area (Å²) < 4.78 is 4.89. The maximum absolute atomic E-state index is 12.2. The Morgan fingerprint density at radius 2 is 1.83 bits per heavy atom. The number of aromatic hydroxyl groups is 2. The number of nitrogens with one attached hydrogen (secondary N) is 1. The summed E-state index contributed by atoms with van der Waals surface area (Å²) in [5.74, 6) is -2.19. The number of phenolic OH excluding ortho intramolecular Hbond substituents is 2. The van der Waals surface area contributed by atoms with Gasteiger partial charge in [0.15, 0.2) is 12.4 Å². The van der Waals surface area contributed by atoms with E-state index in [1.165, 1.54) is 19.1 Å². The molecule has 0 saturated heterocycles. The summed E-state index contributed by atoms with van der Waals surface area (Å²) in [7, 11) is 0. The van der Waals surface area contributed by atoms with Gasteiger partial charge in [-0.15, -0.1) is 0 Å². The van der Waals surface area contributed by atoms with Crippen molar-refractivity contribution in [1.82, 2.24) is 4.98 Å². The molecule has 0 saturated carbocycles. The highest BCUT2D eigenvalue weighted by molar-refractivity contribution is 6.04. The van der Waals surface area contributed by atoms with Crippen LogP contribution in [0.4, 0.5) is 0 Å². The van der Waals surface area contributed by atoms with Crippen LogP contribution in [-0.4, -0.2) is 39.3 Å². The van der Waals surface area contributed by atoms with E-state index in [2.05, 4.69) is 4.98 Å². The van der Waals surface area contributed by atoms with Crippen LogP contribution in [0.15, 0.2) is 18.2 Å². The molecule has 7 heteroatoms. The number of phenols is 2. The van der Waals surface area contributed by atoms with E-state index in [0.717, 1.165) is 6.07 Å². The Morgan fingerprint density at radius 3 is 2.38 bits per heavy atom. The van der Waals surface area contributed by atoms with Gasteiger partial charge in [-0.3, -0.25) is 9.59 Å². The number of ketones is 2. The van der Waals surface area contributed by atoms with Crippen molar-refractivity contribution in [3.63, 3.8) is 0 Å². The second kappa shape index (κ2) is 6.57. The summed E-state index contributed by atoms with van der Waals surface area (Å²) in [6.45, 7) is 4.18. The fourth-order valence-corrected chi connectivity index (χ4v) is 2.53. The summed E-state index contributed by atoms with van der Waals surface area (Å²) in [5.41, 5.74) is 1.57. The molecule has 24 heavy (non-hydrogen) atoms. The van der Waals surface area contributed by atoms with Crippen LogP contribution in [0.2, 0.25) is 0 Å². The minimum absolute atomic E-state index is 0.161. The van der Waals surface area contributed by atoms with Gasteiger partial charge < -0.3 is 19.9 Å². The van der Waals surface area contributed by atoms with Crippen molar-refractivity contribution >= 4 is 17.5 Å². The monoisotopic (exact) mass is 331 g/mol. The first-order chi connectivity index (χ1) is 11.2. The molecule has 0 fully saturated rings. The fourth-order valence-electron chi connectivity index (χ4n) is 2.53. The van der Waals surface area contributed by atoms with E-state index in [9.17, 15) is 24.6 Å². The van der Waals surface area contributed by atoms with Gasteiger partial charge in [-0.05, 0) is 38.5 Å². The van der Waals surface area contributed by atoms with E-state index in [1.807, 2.05) is 0 Å². The average Bonchev–Trinajstić information content (AvgIpc) is 2.79. The van der Waals surface area contributed by atoms with E-state index in [0.29, 0.717) is 16.8 Å². The lowest BCUT2D eigenvalue weighted by molar-refractivity contribution is 0.0470. The van der Waals surface area contributed by atoms with Gasteiger partial charge in [-0.2, -0.15) is 0 Å². The molecule has 0 aliphatic carbocycles.